The molecular formula is C16H20BrN3O4. The van der Waals surface area contributed by atoms with Crippen LogP contribution in [0.2, 0.25) is 0 Å². The van der Waals surface area contributed by atoms with Gasteiger partial charge in [-0.2, -0.15) is 0 Å². The number of anilines is 1. The van der Waals surface area contributed by atoms with Crippen molar-refractivity contribution in [3.63, 3.8) is 0 Å². The molecule has 4 N–H and O–H groups in total. The van der Waals surface area contributed by atoms with Gasteiger partial charge in [0.05, 0.1) is 5.56 Å². The van der Waals surface area contributed by atoms with Gasteiger partial charge in [0.15, 0.2) is 6.10 Å². The van der Waals surface area contributed by atoms with Gasteiger partial charge in [0, 0.05) is 16.2 Å². The predicted octanol–water partition coefficient (Wildman–Crippen LogP) is 2.34. The molecule has 3 amide bonds. The number of esters is 1. The van der Waals surface area contributed by atoms with Crippen molar-refractivity contribution in [2.45, 2.75) is 44.8 Å². The summed E-state index contributed by atoms with van der Waals surface area (Å²) >= 11 is 3.24. The molecular weight excluding hydrogens is 378 g/mol. The number of amides is 3. The number of carbonyl (C=O) groups excluding carboxylic acids is 3. The Bertz CT molecular complexity index is 644. The van der Waals surface area contributed by atoms with Crippen LogP contribution in [0.3, 0.4) is 0 Å². The van der Waals surface area contributed by atoms with E-state index < -0.39 is 24.0 Å². The summed E-state index contributed by atoms with van der Waals surface area (Å²) in [7, 11) is 0. The lowest BCUT2D eigenvalue weighted by Crippen LogP contribution is -2.47. The van der Waals surface area contributed by atoms with Gasteiger partial charge in [-0.05, 0) is 38.0 Å². The fourth-order valence-corrected chi connectivity index (χ4v) is 2.85. The van der Waals surface area contributed by atoms with Crippen LogP contribution >= 0.6 is 15.9 Å². The molecule has 0 spiro atoms. The van der Waals surface area contributed by atoms with Crippen LogP contribution in [0.25, 0.3) is 0 Å². The minimum atomic E-state index is -1.12. The zero-order chi connectivity index (χ0) is 17.7. The Labute approximate surface area is 148 Å². The number of imide groups is 1. The predicted molar refractivity (Wildman–Crippen MR) is 92.4 cm³/mol. The molecule has 0 aliphatic heterocycles. The van der Waals surface area contributed by atoms with E-state index in [9.17, 15) is 14.4 Å². The fraction of sp³-hybridized carbons (Fsp3) is 0.438. The van der Waals surface area contributed by atoms with Gasteiger partial charge in [-0.1, -0.05) is 28.8 Å². The fourth-order valence-electron chi connectivity index (χ4n) is 2.49. The van der Waals surface area contributed by atoms with Crippen LogP contribution < -0.4 is 16.4 Å². The first-order valence-electron chi connectivity index (χ1n) is 7.74. The molecule has 24 heavy (non-hydrogen) atoms. The molecule has 0 bridgehead atoms. The lowest BCUT2D eigenvalue weighted by molar-refractivity contribution is -0.127. The van der Waals surface area contributed by atoms with Crippen LogP contribution in [0.1, 0.15) is 43.0 Å². The van der Waals surface area contributed by atoms with Crippen molar-refractivity contribution >= 4 is 39.5 Å². The van der Waals surface area contributed by atoms with E-state index in [0.29, 0.717) is 4.47 Å². The Morgan fingerprint density at radius 2 is 1.96 bits per heavy atom. The summed E-state index contributed by atoms with van der Waals surface area (Å²) in [5.41, 5.74) is 6.13. The highest BCUT2D eigenvalue weighted by molar-refractivity contribution is 9.10. The SMILES string of the molecule is CC(OC(=O)c1cc(Br)ccc1N)C(=O)NC(=O)NC1CCCC1. The summed E-state index contributed by atoms with van der Waals surface area (Å²) in [5.74, 6) is -1.42. The van der Waals surface area contributed by atoms with Gasteiger partial charge in [0.2, 0.25) is 0 Å². The molecule has 7 nitrogen and oxygen atoms in total. The van der Waals surface area contributed by atoms with E-state index in [1.54, 1.807) is 12.1 Å². The molecule has 130 valence electrons. The van der Waals surface area contributed by atoms with Gasteiger partial charge in [-0.15, -0.1) is 0 Å². The van der Waals surface area contributed by atoms with Crippen molar-refractivity contribution < 1.29 is 19.1 Å². The monoisotopic (exact) mass is 397 g/mol. The Morgan fingerprint density at radius 3 is 2.62 bits per heavy atom. The molecule has 0 saturated heterocycles. The highest BCUT2D eigenvalue weighted by Gasteiger charge is 2.23. The topological polar surface area (TPSA) is 111 Å². The molecule has 0 aromatic heterocycles. The van der Waals surface area contributed by atoms with E-state index in [4.69, 9.17) is 10.5 Å². The summed E-state index contributed by atoms with van der Waals surface area (Å²) in [5, 5.41) is 4.91. The molecule has 1 unspecified atom stereocenters. The number of rotatable bonds is 4. The summed E-state index contributed by atoms with van der Waals surface area (Å²) in [4.78, 5) is 35.8. The molecule has 8 heteroatoms. The summed E-state index contributed by atoms with van der Waals surface area (Å²) < 4.78 is 5.74. The van der Waals surface area contributed by atoms with Crippen molar-refractivity contribution in [2.24, 2.45) is 0 Å². The van der Waals surface area contributed by atoms with Crippen LogP contribution in [0.4, 0.5) is 10.5 Å². The number of carbonyl (C=O) groups is 3. The van der Waals surface area contributed by atoms with Crippen molar-refractivity contribution in [1.29, 1.82) is 0 Å². The van der Waals surface area contributed by atoms with E-state index in [0.717, 1.165) is 25.7 Å². The number of nitrogen functional groups attached to an aromatic ring is 1. The molecule has 1 aromatic carbocycles. The average Bonchev–Trinajstić information content (AvgIpc) is 3.02. The highest BCUT2D eigenvalue weighted by Crippen LogP contribution is 2.20. The van der Waals surface area contributed by atoms with Crippen molar-refractivity contribution in [3.8, 4) is 0 Å². The average molecular weight is 398 g/mol. The third-order valence-electron chi connectivity index (χ3n) is 3.82. The van der Waals surface area contributed by atoms with Gasteiger partial charge in [-0.25, -0.2) is 9.59 Å². The molecule has 0 heterocycles. The Balaban J connectivity index is 1.87. The van der Waals surface area contributed by atoms with Gasteiger partial charge in [0.25, 0.3) is 5.91 Å². The highest BCUT2D eigenvalue weighted by atomic mass is 79.9. The lowest BCUT2D eigenvalue weighted by atomic mass is 10.2. The zero-order valence-electron chi connectivity index (χ0n) is 13.3. The molecule has 1 aliphatic carbocycles. The number of halogens is 1. The molecule has 1 atom stereocenters. The van der Waals surface area contributed by atoms with Crippen molar-refractivity contribution in [1.82, 2.24) is 10.6 Å². The van der Waals surface area contributed by atoms with Gasteiger partial charge < -0.3 is 15.8 Å². The Morgan fingerprint density at radius 1 is 1.29 bits per heavy atom. The zero-order valence-corrected chi connectivity index (χ0v) is 14.9. The van der Waals surface area contributed by atoms with E-state index >= 15 is 0 Å². The molecule has 1 aliphatic rings. The third kappa shape index (κ3) is 4.95. The standard InChI is InChI=1S/C16H20BrN3O4/c1-9(14(21)20-16(23)19-11-4-2-3-5-11)24-15(22)12-8-10(17)6-7-13(12)18/h6-9,11H,2-5,18H2,1H3,(H2,19,20,21,23). The lowest BCUT2D eigenvalue weighted by Gasteiger charge is -2.16. The largest absolute Gasteiger partial charge is 0.449 e. The van der Waals surface area contributed by atoms with E-state index in [1.165, 1.54) is 13.0 Å². The maximum absolute atomic E-state index is 12.1. The summed E-state index contributed by atoms with van der Waals surface area (Å²) in [6.45, 7) is 1.39. The third-order valence-corrected chi connectivity index (χ3v) is 4.31. The van der Waals surface area contributed by atoms with E-state index in [-0.39, 0.29) is 17.3 Å². The Kier molecular flexibility index (Phi) is 6.19. The minimum absolute atomic E-state index is 0.0946. The van der Waals surface area contributed by atoms with Crippen LogP contribution in [0.5, 0.6) is 0 Å². The number of nitrogens with two attached hydrogens (primary N) is 1. The molecule has 1 saturated carbocycles. The molecule has 0 radical (unpaired) electrons. The van der Waals surface area contributed by atoms with Crippen LogP contribution in [-0.4, -0.2) is 30.1 Å². The van der Waals surface area contributed by atoms with Gasteiger partial charge in [0.1, 0.15) is 0 Å². The summed E-state index contributed by atoms with van der Waals surface area (Å²) in [6.07, 6.45) is 2.84. The van der Waals surface area contributed by atoms with Crippen LogP contribution in [0.15, 0.2) is 22.7 Å². The van der Waals surface area contributed by atoms with Crippen LogP contribution in [0, 0.1) is 0 Å². The first kappa shape index (κ1) is 18.3. The maximum Gasteiger partial charge on any atom is 0.341 e. The van der Waals surface area contributed by atoms with Gasteiger partial charge >= 0.3 is 12.0 Å². The number of nitrogens with one attached hydrogen (secondary N) is 2. The number of hydrogen-bond acceptors (Lipinski definition) is 5. The number of benzene rings is 1. The second kappa shape index (κ2) is 8.14. The molecule has 2 rings (SSSR count). The van der Waals surface area contributed by atoms with Crippen LogP contribution in [-0.2, 0) is 9.53 Å². The van der Waals surface area contributed by atoms with E-state index in [2.05, 4.69) is 26.6 Å². The first-order chi connectivity index (χ1) is 11.4. The second-order valence-electron chi connectivity index (χ2n) is 5.72. The second-order valence-corrected chi connectivity index (χ2v) is 6.64. The number of urea groups is 1. The quantitative estimate of drug-likeness (QED) is 0.533. The molecule has 1 aromatic rings. The Hall–Kier alpha value is -2.09. The summed E-state index contributed by atoms with van der Waals surface area (Å²) in [6, 6.07) is 4.28. The van der Waals surface area contributed by atoms with Crippen molar-refractivity contribution in [3.05, 3.63) is 28.2 Å². The number of ether oxygens (including phenoxy) is 1. The maximum atomic E-state index is 12.1. The van der Waals surface area contributed by atoms with Crippen molar-refractivity contribution in [2.75, 3.05) is 5.73 Å². The normalized spacial score (nSPS) is 15.6. The minimum Gasteiger partial charge on any atom is -0.449 e. The van der Waals surface area contributed by atoms with Gasteiger partial charge in [-0.3, -0.25) is 10.1 Å². The smallest absolute Gasteiger partial charge is 0.341 e. The number of hydrogen-bond donors (Lipinski definition) is 3. The van der Waals surface area contributed by atoms with E-state index in [1.807, 2.05) is 0 Å². The first-order valence-corrected chi connectivity index (χ1v) is 8.53. The molecule has 1 fully saturated rings.